The van der Waals surface area contributed by atoms with Crippen LogP contribution in [0, 0.1) is 0 Å². The van der Waals surface area contributed by atoms with Gasteiger partial charge in [-0.2, -0.15) is 0 Å². The molecule has 0 saturated heterocycles. The van der Waals surface area contributed by atoms with Crippen LogP contribution in [0.25, 0.3) is 11.3 Å². The Balaban J connectivity index is 2.12. The monoisotopic (exact) mass is 301 g/mol. The zero-order valence-electron chi connectivity index (χ0n) is 12.7. The maximum Gasteiger partial charge on any atom is 0.276 e. The predicted molar refractivity (Wildman–Crippen MR) is 82.2 cm³/mol. The van der Waals surface area contributed by atoms with Crippen LogP contribution in [0.5, 0.6) is 0 Å². The van der Waals surface area contributed by atoms with Gasteiger partial charge in [0.05, 0.1) is 6.54 Å². The first kappa shape index (κ1) is 15.8. The lowest BCUT2D eigenvalue weighted by Gasteiger charge is -2.18. The SMILES string of the molecule is CCNC(=O)CN(CC)C(=O)c1cc(-c2ccccc2)on1. The van der Waals surface area contributed by atoms with Crippen molar-refractivity contribution < 1.29 is 14.1 Å². The number of rotatable bonds is 6. The Labute approximate surface area is 129 Å². The van der Waals surface area contributed by atoms with E-state index in [2.05, 4.69) is 10.5 Å². The quantitative estimate of drug-likeness (QED) is 0.884. The first-order chi connectivity index (χ1) is 10.7. The first-order valence-electron chi connectivity index (χ1n) is 7.23. The van der Waals surface area contributed by atoms with E-state index in [1.165, 1.54) is 4.90 Å². The van der Waals surface area contributed by atoms with Crippen LogP contribution in [0.4, 0.5) is 0 Å². The van der Waals surface area contributed by atoms with Crippen molar-refractivity contribution in [3.8, 4) is 11.3 Å². The van der Waals surface area contributed by atoms with E-state index in [1.807, 2.05) is 44.2 Å². The zero-order chi connectivity index (χ0) is 15.9. The highest BCUT2D eigenvalue weighted by molar-refractivity contribution is 5.95. The van der Waals surface area contributed by atoms with Crippen LogP contribution in [-0.4, -0.2) is 41.5 Å². The number of aromatic nitrogens is 1. The van der Waals surface area contributed by atoms with Crippen LogP contribution in [0.3, 0.4) is 0 Å². The third-order valence-corrected chi connectivity index (χ3v) is 3.16. The number of amides is 2. The van der Waals surface area contributed by atoms with Gasteiger partial charge in [0.15, 0.2) is 11.5 Å². The van der Waals surface area contributed by atoms with Gasteiger partial charge >= 0.3 is 0 Å². The highest BCUT2D eigenvalue weighted by Crippen LogP contribution is 2.20. The summed E-state index contributed by atoms with van der Waals surface area (Å²) in [5.74, 6) is 0.0159. The molecule has 2 aromatic rings. The van der Waals surface area contributed by atoms with Gasteiger partial charge in [0.1, 0.15) is 0 Å². The fourth-order valence-corrected chi connectivity index (χ4v) is 2.03. The molecule has 0 atom stereocenters. The van der Waals surface area contributed by atoms with Crippen LogP contribution in [0.2, 0.25) is 0 Å². The molecule has 0 aliphatic heterocycles. The molecule has 0 radical (unpaired) electrons. The van der Waals surface area contributed by atoms with Crippen LogP contribution < -0.4 is 5.32 Å². The Morgan fingerprint density at radius 3 is 2.59 bits per heavy atom. The number of carbonyl (C=O) groups excluding carboxylic acids is 2. The average Bonchev–Trinajstić information content (AvgIpc) is 3.03. The molecule has 0 aliphatic rings. The Hall–Kier alpha value is -2.63. The topological polar surface area (TPSA) is 75.4 Å². The Bertz CT molecular complexity index is 637. The molecule has 6 heteroatoms. The second-order valence-electron chi connectivity index (χ2n) is 4.72. The molecule has 1 N–H and O–H groups in total. The minimum absolute atomic E-state index is 0.0106. The largest absolute Gasteiger partial charge is 0.355 e. The van der Waals surface area contributed by atoms with Gasteiger partial charge in [-0.1, -0.05) is 35.5 Å². The summed E-state index contributed by atoms with van der Waals surface area (Å²) in [6, 6.07) is 11.0. The molecular weight excluding hydrogens is 282 g/mol. The standard InChI is InChI=1S/C16H19N3O3/c1-3-17-15(20)11-19(4-2)16(21)13-10-14(22-18-13)12-8-6-5-7-9-12/h5-10H,3-4,11H2,1-2H3,(H,17,20). The van der Waals surface area contributed by atoms with Crippen molar-refractivity contribution in [1.82, 2.24) is 15.4 Å². The fourth-order valence-electron chi connectivity index (χ4n) is 2.03. The molecule has 0 unspecified atom stereocenters. The van der Waals surface area contributed by atoms with Crippen LogP contribution in [0.1, 0.15) is 24.3 Å². The Kier molecular flexibility index (Phi) is 5.30. The van der Waals surface area contributed by atoms with E-state index in [9.17, 15) is 9.59 Å². The van der Waals surface area contributed by atoms with Crippen molar-refractivity contribution in [3.63, 3.8) is 0 Å². The Morgan fingerprint density at radius 2 is 1.95 bits per heavy atom. The van der Waals surface area contributed by atoms with Gasteiger partial charge in [0, 0.05) is 24.7 Å². The third kappa shape index (κ3) is 3.72. The summed E-state index contributed by atoms with van der Waals surface area (Å²) >= 11 is 0. The molecule has 0 bridgehead atoms. The van der Waals surface area contributed by atoms with E-state index in [0.717, 1.165) is 5.56 Å². The molecule has 116 valence electrons. The highest BCUT2D eigenvalue weighted by atomic mass is 16.5. The molecule has 2 rings (SSSR count). The summed E-state index contributed by atoms with van der Waals surface area (Å²) in [6.45, 7) is 4.61. The lowest BCUT2D eigenvalue weighted by Crippen LogP contribution is -2.40. The minimum atomic E-state index is -0.320. The molecular formula is C16H19N3O3. The molecule has 1 aromatic heterocycles. The van der Waals surface area contributed by atoms with Gasteiger partial charge < -0.3 is 14.7 Å². The minimum Gasteiger partial charge on any atom is -0.355 e. The van der Waals surface area contributed by atoms with E-state index >= 15 is 0 Å². The lowest BCUT2D eigenvalue weighted by molar-refractivity contribution is -0.121. The lowest BCUT2D eigenvalue weighted by atomic mass is 10.1. The van der Waals surface area contributed by atoms with E-state index in [4.69, 9.17) is 4.52 Å². The van der Waals surface area contributed by atoms with Crippen molar-refractivity contribution in [2.45, 2.75) is 13.8 Å². The second-order valence-corrected chi connectivity index (χ2v) is 4.72. The number of nitrogens with zero attached hydrogens (tertiary/aromatic N) is 2. The third-order valence-electron chi connectivity index (χ3n) is 3.16. The van der Waals surface area contributed by atoms with Crippen LogP contribution in [0.15, 0.2) is 40.9 Å². The molecule has 1 aromatic carbocycles. The van der Waals surface area contributed by atoms with E-state index in [1.54, 1.807) is 6.07 Å². The van der Waals surface area contributed by atoms with E-state index in [0.29, 0.717) is 18.8 Å². The van der Waals surface area contributed by atoms with Crippen molar-refractivity contribution >= 4 is 11.8 Å². The molecule has 0 fully saturated rings. The van der Waals surface area contributed by atoms with Gasteiger partial charge in [-0.15, -0.1) is 0 Å². The van der Waals surface area contributed by atoms with Gasteiger partial charge in [0.2, 0.25) is 5.91 Å². The van der Waals surface area contributed by atoms with Gasteiger partial charge in [-0.25, -0.2) is 0 Å². The summed E-state index contributed by atoms with van der Waals surface area (Å²) < 4.78 is 5.22. The number of nitrogens with one attached hydrogen (secondary N) is 1. The van der Waals surface area contributed by atoms with Crippen molar-refractivity contribution in [1.29, 1.82) is 0 Å². The average molecular weight is 301 g/mol. The van der Waals surface area contributed by atoms with Crippen molar-refractivity contribution in [2.24, 2.45) is 0 Å². The van der Waals surface area contributed by atoms with Gasteiger partial charge in [-0.05, 0) is 13.8 Å². The number of benzene rings is 1. The number of hydrogen-bond acceptors (Lipinski definition) is 4. The molecule has 6 nitrogen and oxygen atoms in total. The molecule has 0 spiro atoms. The maximum absolute atomic E-state index is 12.4. The molecule has 0 aliphatic carbocycles. The van der Waals surface area contributed by atoms with Gasteiger partial charge in [0.25, 0.3) is 5.91 Å². The molecule has 1 heterocycles. The summed E-state index contributed by atoms with van der Waals surface area (Å²) in [6.07, 6.45) is 0. The summed E-state index contributed by atoms with van der Waals surface area (Å²) in [4.78, 5) is 25.4. The molecule has 2 amide bonds. The second kappa shape index (κ2) is 7.40. The molecule has 0 saturated carbocycles. The predicted octanol–water partition coefficient (Wildman–Crippen LogP) is 1.94. The number of likely N-dealkylation sites (N-methyl/N-ethyl adjacent to an activating group) is 2. The van der Waals surface area contributed by atoms with Gasteiger partial charge in [-0.3, -0.25) is 9.59 Å². The fraction of sp³-hybridized carbons (Fsp3) is 0.312. The summed E-state index contributed by atoms with van der Waals surface area (Å²) in [5.41, 5.74) is 1.05. The van der Waals surface area contributed by atoms with Crippen LogP contribution in [-0.2, 0) is 4.79 Å². The highest BCUT2D eigenvalue weighted by Gasteiger charge is 2.21. The number of carbonyl (C=O) groups is 2. The summed E-state index contributed by atoms with van der Waals surface area (Å²) in [5, 5.41) is 6.49. The van der Waals surface area contributed by atoms with E-state index in [-0.39, 0.29) is 24.1 Å². The molecule has 22 heavy (non-hydrogen) atoms. The number of hydrogen-bond donors (Lipinski definition) is 1. The van der Waals surface area contributed by atoms with E-state index < -0.39 is 0 Å². The summed E-state index contributed by atoms with van der Waals surface area (Å²) in [7, 11) is 0. The smallest absolute Gasteiger partial charge is 0.276 e. The Morgan fingerprint density at radius 1 is 1.23 bits per heavy atom. The van der Waals surface area contributed by atoms with Crippen LogP contribution >= 0.6 is 0 Å². The zero-order valence-corrected chi connectivity index (χ0v) is 12.7. The van der Waals surface area contributed by atoms with Crippen molar-refractivity contribution in [2.75, 3.05) is 19.6 Å². The maximum atomic E-state index is 12.4. The van der Waals surface area contributed by atoms with Crippen molar-refractivity contribution in [3.05, 3.63) is 42.1 Å². The normalized spacial score (nSPS) is 10.3. The first-order valence-corrected chi connectivity index (χ1v) is 7.23.